The number of urea groups is 1. The first kappa shape index (κ1) is 30.4. The van der Waals surface area contributed by atoms with Crippen LogP contribution in [0.1, 0.15) is 37.3 Å². The highest BCUT2D eigenvalue weighted by Crippen LogP contribution is 2.19. The van der Waals surface area contributed by atoms with E-state index in [1.54, 1.807) is 16.8 Å². The smallest absolute Gasteiger partial charge is 0.320 e. The number of aliphatic hydroxyl groups excluding tert-OH is 1. The highest BCUT2D eigenvalue weighted by Gasteiger charge is 2.42. The van der Waals surface area contributed by atoms with Crippen LogP contribution < -0.4 is 10.6 Å². The normalized spacial score (nSPS) is 20.9. The molecular formula is C30H39F2N5O4. The number of halogens is 2. The van der Waals surface area contributed by atoms with Crippen LogP contribution in [0.5, 0.6) is 0 Å². The van der Waals surface area contributed by atoms with Crippen molar-refractivity contribution >= 4 is 17.8 Å². The monoisotopic (exact) mass is 571 g/mol. The number of hydrogen-bond donors (Lipinski definition) is 3. The minimum Gasteiger partial charge on any atom is -0.389 e. The molecule has 2 aromatic rings. The Balaban J connectivity index is 1.52. The minimum absolute atomic E-state index is 0.129. The van der Waals surface area contributed by atoms with Gasteiger partial charge in [0.05, 0.1) is 18.7 Å². The summed E-state index contributed by atoms with van der Waals surface area (Å²) < 4.78 is 28.0. The molecule has 4 amide bonds. The van der Waals surface area contributed by atoms with Crippen LogP contribution in [0.25, 0.3) is 0 Å². The van der Waals surface area contributed by atoms with Gasteiger partial charge in [0.1, 0.15) is 23.7 Å². The second-order valence-corrected chi connectivity index (χ2v) is 10.8. The van der Waals surface area contributed by atoms with E-state index in [9.17, 15) is 28.3 Å². The predicted molar refractivity (Wildman–Crippen MR) is 150 cm³/mol. The lowest BCUT2D eigenvalue weighted by atomic mass is 9.93. The fourth-order valence-electron chi connectivity index (χ4n) is 5.49. The summed E-state index contributed by atoms with van der Waals surface area (Å²) in [7, 11) is 1.55. The van der Waals surface area contributed by atoms with Gasteiger partial charge in [0, 0.05) is 39.3 Å². The van der Waals surface area contributed by atoms with Crippen molar-refractivity contribution in [2.75, 3.05) is 33.2 Å². The lowest BCUT2D eigenvalue weighted by Gasteiger charge is -2.38. The van der Waals surface area contributed by atoms with Gasteiger partial charge in [0.15, 0.2) is 0 Å². The summed E-state index contributed by atoms with van der Waals surface area (Å²) in [6.07, 6.45) is 1.24. The van der Waals surface area contributed by atoms with E-state index in [1.807, 2.05) is 30.3 Å². The van der Waals surface area contributed by atoms with Gasteiger partial charge in [-0.25, -0.2) is 13.6 Å². The van der Waals surface area contributed by atoms with Crippen molar-refractivity contribution < 1.29 is 28.3 Å². The van der Waals surface area contributed by atoms with Gasteiger partial charge in [-0.05, 0) is 36.1 Å². The molecule has 2 aliphatic heterocycles. The zero-order valence-corrected chi connectivity index (χ0v) is 23.6. The SMILES string of the molecule is CCCCCN1C[C@@H](C(=O)N[C@@H](Cc2cc(F)cc(F)c2)[C@H](O)[C@@H]2NCCN(Cc3ccccc3)C2=O)N(C)C1=O. The summed E-state index contributed by atoms with van der Waals surface area (Å²) >= 11 is 0. The molecule has 2 heterocycles. The molecule has 9 nitrogen and oxygen atoms in total. The van der Waals surface area contributed by atoms with Crippen LogP contribution in [-0.4, -0.2) is 95.1 Å². The number of benzene rings is 2. The Bertz CT molecular complexity index is 1200. The van der Waals surface area contributed by atoms with Crippen LogP contribution in [0.15, 0.2) is 48.5 Å². The Morgan fingerprint density at radius 2 is 1.78 bits per heavy atom. The Kier molecular flexibility index (Phi) is 10.3. The molecule has 11 heteroatoms. The lowest BCUT2D eigenvalue weighted by Crippen LogP contribution is -2.64. The highest BCUT2D eigenvalue weighted by atomic mass is 19.1. The van der Waals surface area contributed by atoms with Crippen LogP contribution in [0.3, 0.4) is 0 Å². The Morgan fingerprint density at radius 1 is 1.07 bits per heavy atom. The van der Waals surface area contributed by atoms with Crippen LogP contribution in [0.2, 0.25) is 0 Å². The molecule has 41 heavy (non-hydrogen) atoms. The maximum absolute atomic E-state index is 14.0. The van der Waals surface area contributed by atoms with Crippen molar-refractivity contribution in [2.45, 2.75) is 63.4 Å². The number of nitrogens with one attached hydrogen (secondary N) is 2. The lowest BCUT2D eigenvalue weighted by molar-refractivity contribution is -0.141. The molecular weight excluding hydrogens is 532 g/mol. The van der Waals surface area contributed by atoms with E-state index in [-0.39, 0.29) is 30.5 Å². The molecule has 0 radical (unpaired) electrons. The number of piperazine rings is 1. The van der Waals surface area contributed by atoms with Crippen LogP contribution >= 0.6 is 0 Å². The van der Waals surface area contributed by atoms with Crippen molar-refractivity contribution in [1.82, 2.24) is 25.3 Å². The van der Waals surface area contributed by atoms with Gasteiger partial charge in [-0.2, -0.15) is 0 Å². The van der Waals surface area contributed by atoms with E-state index in [0.717, 1.165) is 43.0 Å². The fourth-order valence-corrected chi connectivity index (χ4v) is 5.49. The third kappa shape index (κ3) is 7.59. The molecule has 0 bridgehead atoms. The second-order valence-electron chi connectivity index (χ2n) is 10.8. The maximum Gasteiger partial charge on any atom is 0.320 e. The molecule has 0 aliphatic carbocycles. The van der Waals surface area contributed by atoms with Gasteiger partial charge >= 0.3 is 6.03 Å². The standard InChI is InChI=1S/C30H39F2N5O4/c1-3-4-8-12-37-19-25(35(2)30(37)41)28(39)34-24(16-21-14-22(31)17-23(32)15-21)27(38)26-29(40)36(13-11-33-26)18-20-9-6-5-7-10-20/h5-7,9-10,14-15,17,24-27,33,38H,3-4,8,11-13,16,18-19H2,1-2H3,(H,34,39)/t24-,25-,26-,27-/m0/s1. The van der Waals surface area contributed by atoms with Gasteiger partial charge in [-0.1, -0.05) is 50.1 Å². The molecule has 0 aromatic heterocycles. The van der Waals surface area contributed by atoms with Gasteiger partial charge in [-0.3, -0.25) is 9.59 Å². The summed E-state index contributed by atoms with van der Waals surface area (Å²) in [5.41, 5.74) is 1.15. The van der Waals surface area contributed by atoms with Crippen molar-refractivity contribution in [3.05, 3.63) is 71.3 Å². The van der Waals surface area contributed by atoms with E-state index in [4.69, 9.17) is 0 Å². The van der Waals surface area contributed by atoms with Crippen LogP contribution in [-0.2, 0) is 22.6 Å². The molecule has 0 spiro atoms. The van der Waals surface area contributed by atoms with Crippen molar-refractivity contribution in [3.63, 3.8) is 0 Å². The number of amides is 4. The third-order valence-electron chi connectivity index (χ3n) is 7.77. The number of carbonyl (C=O) groups excluding carboxylic acids is 3. The minimum atomic E-state index is -1.42. The number of hydrogen-bond acceptors (Lipinski definition) is 5. The van der Waals surface area contributed by atoms with Gasteiger partial charge < -0.3 is 30.4 Å². The van der Waals surface area contributed by atoms with Crippen molar-refractivity contribution in [1.29, 1.82) is 0 Å². The topological polar surface area (TPSA) is 105 Å². The predicted octanol–water partition coefficient (Wildman–Crippen LogP) is 2.28. The van der Waals surface area contributed by atoms with Gasteiger partial charge in [-0.15, -0.1) is 0 Å². The number of rotatable bonds is 12. The summed E-state index contributed by atoms with van der Waals surface area (Å²) in [5.74, 6) is -2.43. The molecule has 2 fully saturated rings. The molecule has 4 rings (SSSR count). The quantitative estimate of drug-likeness (QED) is 0.339. The molecule has 2 aromatic carbocycles. The Labute approximate surface area is 239 Å². The maximum atomic E-state index is 14.0. The van der Waals surface area contributed by atoms with E-state index >= 15 is 0 Å². The van der Waals surface area contributed by atoms with E-state index in [2.05, 4.69) is 17.6 Å². The number of unbranched alkanes of at least 4 members (excludes halogenated alkanes) is 2. The Hall–Kier alpha value is -3.57. The number of aliphatic hydroxyl groups is 1. The first-order chi connectivity index (χ1) is 19.7. The van der Waals surface area contributed by atoms with Gasteiger partial charge in [0.25, 0.3) is 0 Å². The molecule has 2 saturated heterocycles. The average molecular weight is 572 g/mol. The molecule has 0 saturated carbocycles. The molecule has 4 atom stereocenters. The molecule has 0 unspecified atom stereocenters. The first-order valence-corrected chi connectivity index (χ1v) is 14.2. The summed E-state index contributed by atoms with van der Waals surface area (Å²) in [6.45, 7) is 4.01. The van der Waals surface area contributed by atoms with Crippen molar-refractivity contribution in [3.8, 4) is 0 Å². The first-order valence-electron chi connectivity index (χ1n) is 14.2. The second kappa shape index (κ2) is 13.9. The highest BCUT2D eigenvalue weighted by molar-refractivity contribution is 5.90. The van der Waals surface area contributed by atoms with E-state index < -0.39 is 41.8 Å². The molecule has 2 aliphatic rings. The van der Waals surface area contributed by atoms with E-state index in [0.29, 0.717) is 26.2 Å². The number of nitrogens with zero attached hydrogens (tertiary/aromatic N) is 3. The zero-order chi connectivity index (χ0) is 29.5. The summed E-state index contributed by atoms with van der Waals surface area (Å²) in [5, 5.41) is 17.3. The third-order valence-corrected chi connectivity index (χ3v) is 7.77. The summed E-state index contributed by atoms with van der Waals surface area (Å²) in [6, 6.07) is 9.29. The van der Waals surface area contributed by atoms with E-state index in [1.165, 1.54) is 4.90 Å². The molecule has 3 N–H and O–H groups in total. The summed E-state index contributed by atoms with van der Waals surface area (Å²) in [4.78, 5) is 44.3. The fraction of sp³-hybridized carbons (Fsp3) is 0.500. The van der Waals surface area contributed by atoms with Gasteiger partial charge in [0.2, 0.25) is 11.8 Å². The van der Waals surface area contributed by atoms with Crippen LogP contribution in [0.4, 0.5) is 13.6 Å². The zero-order valence-electron chi connectivity index (χ0n) is 23.6. The average Bonchev–Trinajstić information content (AvgIpc) is 3.22. The number of carbonyl (C=O) groups is 3. The number of likely N-dealkylation sites (N-methyl/N-ethyl adjacent to an activating group) is 1. The largest absolute Gasteiger partial charge is 0.389 e. The molecule has 222 valence electrons. The van der Waals surface area contributed by atoms with Crippen molar-refractivity contribution in [2.24, 2.45) is 0 Å². The Morgan fingerprint density at radius 3 is 2.46 bits per heavy atom. The van der Waals surface area contributed by atoms with Crippen LogP contribution in [0, 0.1) is 11.6 Å².